The number of carbonyl (C=O) groups excluding carboxylic acids is 2. The van der Waals surface area contributed by atoms with Crippen LogP contribution in [0.4, 0.5) is 0 Å². The number of nitrogens with zero attached hydrogens (tertiary/aromatic N) is 1. The number of benzene rings is 2. The van der Waals surface area contributed by atoms with Crippen molar-refractivity contribution in [3.8, 4) is 23.3 Å². The van der Waals surface area contributed by atoms with Gasteiger partial charge in [-0.25, -0.2) is 0 Å². The number of rotatable bonds is 5. The average molecular weight is 379 g/mol. The summed E-state index contributed by atoms with van der Waals surface area (Å²) in [6.07, 6.45) is 2.88. The molecule has 1 aliphatic rings. The second kappa shape index (κ2) is 9.09. The maximum absolute atomic E-state index is 11.8. The summed E-state index contributed by atoms with van der Waals surface area (Å²) < 4.78 is 16.2. The molecule has 1 aliphatic heterocycles. The number of ether oxygens (including phenoxy) is 3. The van der Waals surface area contributed by atoms with Crippen molar-refractivity contribution < 1.29 is 23.8 Å². The average Bonchev–Trinajstić information content (AvgIpc) is 2.75. The van der Waals surface area contributed by atoms with Gasteiger partial charge in [0.05, 0.1) is 11.6 Å². The Bertz CT molecular complexity index is 932. The van der Waals surface area contributed by atoms with E-state index in [-0.39, 0.29) is 6.61 Å². The number of nitriles is 1. The van der Waals surface area contributed by atoms with Crippen molar-refractivity contribution >= 4 is 17.9 Å². The van der Waals surface area contributed by atoms with Crippen LogP contribution in [0.1, 0.15) is 11.1 Å². The smallest absolute Gasteiger partial charge is 0.276 e. The molecule has 8 nitrogen and oxygen atoms in total. The molecule has 0 saturated heterocycles. The Kier molecular flexibility index (Phi) is 6.10. The van der Waals surface area contributed by atoms with Crippen LogP contribution < -0.4 is 25.1 Å². The van der Waals surface area contributed by atoms with Gasteiger partial charge in [0.1, 0.15) is 19.0 Å². The number of carbonyl (C=O) groups is 2. The molecular weight excluding hydrogens is 362 g/mol. The lowest BCUT2D eigenvalue weighted by atomic mass is 10.2. The quantitative estimate of drug-likeness (QED) is 0.603. The minimum Gasteiger partial charge on any atom is -0.486 e. The van der Waals surface area contributed by atoms with Gasteiger partial charge in [-0.2, -0.15) is 5.26 Å². The van der Waals surface area contributed by atoms with E-state index in [0.717, 1.165) is 5.56 Å². The highest BCUT2D eigenvalue weighted by molar-refractivity contribution is 5.93. The Balaban J connectivity index is 1.42. The molecule has 8 heteroatoms. The van der Waals surface area contributed by atoms with E-state index in [1.165, 1.54) is 6.08 Å². The molecule has 0 radical (unpaired) electrons. The Morgan fingerprint density at radius 2 is 1.82 bits per heavy atom. The molecule has 3 rings (SSSR count). The van der Waals surface area contributed by atoms with E-state index in [4.69, 9.17) is 19.5 Å². The summed E-state index contributed by atoms with van der Waals surface area (Å²) in [4.78, 5) is 23.5. The van der Waals surface area contributed by atoms with Crippen LogP contribution in [-0.4, -0.2) is 31.6 Å². The first-order valence-electron chi connectivity index (χ1n) is 8.43. The van der Waals surface area contributed by atoms with Crippen molar-refractivity contribution in [3.05, 3.63) is 59.7 Å². The molecule has 0 atom stereocenters. The van der Waals surface area contributed by atoms with Crippen molar-refractivity contribution in [1.82, 2.24) is 10.9 Å². The van der Waals surface area contributed by atoms with Crippen molar-refractivity contribution in [2.75, 3.05) is 19.8 Å². The first-order valence-corrected chi connectivity index (χ1v) is 8.43. The summed E-state index contributed by atoms with van der Waals surface area (Å²) in [5.41, 5.74) is 5.77. The van der Waals surface area contributed by atoms with Gasteiger partial charge in [-0.1, -0.05) is 6.07 Å². The number of hydrogen-bond acceptors (Lipinski definition) is 6. The maximum atomic E-state index is 11.8. The summed E-state index contributed by atoms with van der Waals surface area (Å²) in [6, 6.07) is 13.6. The molecule has 0 spiro atoms. The first kappa shape index (κ1) is 18.8. The van der Waals surface area contributed by atoms with Crippen LogP contribution in [0.3, 0.4) is 0 Å². The van der Waals surface area contributed by atoms with E-state index in [2.05, 4.69) is 10.9 Å². The standard InChI is InChI=1S/C20H17N3O5/c21-12-15-1-5-16(6-2-15)28-13-20(25)23-22-19(24)8-4-14-3-7-17-18(11-14)27-10-9-26-17/h1-8,11H,9-10,13H2,(H,22,24)(H,23,25)/b8-4+. The zero-order chi connectivity index (χ0) is 19.8. The third-order valence-corrected chi connectivity index (χ3v) is 3.67. The fourth-order valence-electron chi connectivity index (χ4n) is 2.32. The minimum absolute atomic E-state index is 0.280. The summed E-state index contributed by atoms with van der Waals surface area (Å²) in [6.45, 7) is 0.717. The lowest BCUT2D eigenvalue weighted by molar-refractivity contribution is -0.128. The van der Waals surface area contributed by atoms with Gasteiger partial charge in [0.2, 0.25) is 0 Å². The van der Waals surface area contributed by atoms with Crippen LogP contribution in [0.25, 0.3) is 6.08 Å². The van der Waals surface area contributed by atoms with Crippen molar-refractivity contribution in [1.29, 1.82) is 5.26 Å². The van der Waals surface area contributed by atoms with E-state index in [1.54, 1.807) is 48.5 Å². The second-order valence-electron chi connectivity index (χ2n) is 5.70. The molecule has 0 unspecified atom stereocenters. The molecule has 142 valence electrons. The van der Waals surface area contributed by atoms with Crippen LogP contribution in [0.5, 0.6) is 17.2 Å². The van der Waals surface area contributed by atoms with Gasteiger partial charge in [-0.3, -0.25) is 20.4 Å². The van der Waals surface area contributed by atoms with Crippen LogP contribution in [-0.2, 0) is 9.59 Å². The number of amides is 2. The van der Waals surface area contributed by atoms with Gasteiger partial charge in [0.15, 0.2) is 18.1 Å². The van der Waals surface area contributed by atoms with Gasteiger partial charge in [-0.05, 0) is 48.0 Å². The molecule has 0 bridgehead atoms. The normalized spacial score (nSPS) is 12.1. The Morgan fingerprint density at radius 3 is 2.57 bits per heavy atom. The molecule has 28 heavy (non-hydrogen) atoms. The predicted molar refractivity (Wildman–Crippen MR) is 99.4 cm³/mol. The lowest BCUT2D eigenvalue weighted by Gasteiger charge is -2.18. The highest BCUT2D eigenvalue weighted by Gasteiger charge is 2.11. The molecule has 0 fully saturated rings. The van der Waals surface area contributed by atoms with Crippen LogP contribution in [0.15, 0.2) is 48.5 Å². The molecule has 2 aromatic rings. The summed E-state index contributed by atoms with van der Waals surface area (Å²) >= 11 is 0. The number of hydrazine groups is 1. The van der Waals surface area contributed by atoms with Crippen molar-refractivity contribution in [2.24, 2.45) is 0 Å². The number of hydrogen-bond donors (Lipinski definition) is 2. The van der Waals surface area contributed by atoms with Crippen molar-refractivity contribution in [3.63, 3.8) is 0 Å². The zero-order valence-corrected chi connectivity index (χ0v) is 14.8. The highest BCUT2D eigenvalue weighted by atomic mass is 16.6. The molecule has 2 amide bonds. The summed E-state index contributed by atoms with van der Waals surface area (Å²) in [7, 11) is 0. The lowest BCUT2D eigenvalue weighted by Crippen LogP contribution is -2.43. The molecule has 0 aliphatic carbocycles. The minimum atomic E-state index is -0.523. The number of nitrogens with one attached hydrogen (secondary N) is 2. The summed E-state index contributed by atoms with van der Waals surface area (Å²) in [5, 5.41) is 8.72. The molecule has 2 N–H and O–H groups in total. The van der Waals surface area contributed by atoms with E-state index in [9.17, 15) is 9.59 Å². The number of fused-ring (bicyclic) bond motifs is 1. The van der Waals surface area contributed by atoms with Crippen LogP contribution in [0, 0.1) is 11.3 Å². The molecule has 1 heterocycles. The van der Waals surface area contributed by atoms with Crippen LogP contribution in [0.2, 0.25) is 0 Å². The Hall–Kier alpha value is -3.99. The highest BCUT2D eigenvalue weighted by Crippen LogP contribution is 2.31. The van der Waals surface area contributed by atoms with Crippen molar-refractivity contribution in [2.45, 2.75) is 0 Å². The Labute approximate surface area is 161 Å². The van der Waals surface area contributed by atoms with E-state index < -0.39 is 11.8 Å². The predicted octanol–water partition coefficient (Wildman–Crippen LogP) is 1.57. The molecule has 0 saturated carbocycles. The van der Waals surface area contributed by atoms with E-state index >= 15 is 0 Å². The third kappa shape index (κ3) is 5.25. The van der Waals surface area contributed by atoms with Gasteiger partial charge in [0, 0.05) is 6.08 Å². The van der Waals surface area contributed by atoms with Crippen LogP contribution >= 0.6 is 0 Å². The SMILES string of the molecule is N#Cc1ccc(OCC(=O)NNC(=O)/C=C/c2ccc3c(c2)OCCO3)cc1. The van der Waals surface area contributed by atoms with Gasteiger partial charge in [0.25, 0.3) is 11.8 Å². The monoisotopic (exact) mass is 379 g/mol. The summed E-state index contributed by atoms with van der Waals surface area (Å²) in [5.74, 6) is 0.718. The van der Waals surface area contributed by atoms with Gasteiger partial charge >= 0.3 is 0 Å². The largest absolute Gasteiger partial charge is 0.486 e. The van der Waals surface area contributed by atoms with E-state index in [1.807, 2.05) is 6.07 Å². The zero-order valence-electron chi connectivity index (χ0n) is 14.8. The second-order valence-corrected chi connectivity index (χ2v) is 5.70. The molecule has 2 aromatic carbocycles. The fourth-order valence-corrected chi connectivity index (χ4v) is 2.32. The van der Waals surface area contributed by atoms with Gasteiger partial charge < -0.3 is 14.2 Å². The Morgan fingerprint density at radius 1 is 1.07 bits per heavy atom. The maximum Gasteiger partial charge on any atom is 0.276 e. The first-order chi connectivity index (χ1) is 13.6. The third-order valence-electron chi connectivity index (χ3n) is 3.67. The molecule has 0 aromatic heterocycles. The topological polar surface area (TPSA) is 110 Å². The molecular formula is C20H17N3O5. The van der Waals surface area contributed by atoms with E-state index in [0.29, 0.717) is 36.0 Å². The fraction of sp³-hybridized carbons (Fsp3) is 0.150. The van der Waals surface area contributed by atoms with Gasteiger partial charge in [-0.15, -0.1) is 0 Å².